The Balaban J connectivity index is 2.03. The molecule has 0 aromatic heterocycles. The Kier molecular flexibility index (Phi) is 5.90. The molecular weight excluding hydrogens is 336 g/mol. The van der Waals surface area contributed by atoms with Crippen LogP contribution in [0.15, 0.2) is 36.4 Å². The molecule has 0 saturated heterocycles. The first kappa shape index (κ1) is 18.9. The molecule has 0 atom stereocenters. The van der Waals surface area contributed by atoms with Gasteiger partial charge in [0, 0.05) is 24.4 Å². The third-order valence-corrected chi connectivity index (χ3v) is 3.88. The van der Waals surface area contributed by atoms with Crippen LogP contribution in [0.1, 0.15) is 21.5 Å². The molecule has 136 valence electrons. The van der Waals surface area contributed by atoms with Crippen LogP contribution in [0.5, 0.6) is 0 Å². The number of anilines is 2. The van der Waals surface area contributed by atoms with E-state index in [1.54, 1.807) is 7.05 Å². The topological polar surface area (TPSA) is 113 Å². The average Bonchev–Trinajstić information content (AvgIpc) is 2.62. The maximum absolute atomic E-state index is 12.2. The molecule has 0 saturated carbocycles. The predicted molar refractivity (Wildman–Crippen MR) is 99.5 cm³/mol. The molecule has 2 aromatic carbocycles. The van der Waals surface area contributed by atoms with Gasteiger partial charge in [0.25, 0.3) is 11.6 Å². The summed E-state index contributed by atoms with van der Waals surface area (Å²) in [6.45, 7) is 3.52. The third kappa shape index (κ3) is 4.35. The van der Waals surface area contributed by atoms with Gasteiger partial charge in [-0.25, -0.2) is 0 Å². The summed E-state index contributed by atoms with van der Waals surface area (Å²) in [5.41, 5.74) is 2.75. The van der Waals surface area contributed by atoms with E-state index >= 15 is 0 Å². The second kappa shape index (κ2) is 8.11. The van der Waals surface area contributed by atoms with Crippen molar-refractivity contribution in [3.05, 3.63) is 63.2 Å². The van der Waals surface area contributed by atoms with Crippen LogP contribution < -0.4 is 16.0 Å². The molecule has 8 heteroatoms. The van der Waals surface area contributed by atoms with Gasteiger partial charge in [-0.3, -0.25) is 19.7 Å². The van der Waals surface area contributed by atoms with E-state index in [1.807, 2.05) is 32.0 Å². The van der Waals surface area contributed by atoms with Crippen molar-refractivity contribution in [1.82, 2.24) is 5.32 Å². The van der Waals surface area contributed by atoms with Crippen LogP contribution >= 0.6 is 0 Å². The van der Waals surface area contributed by atoms with Crippen molar-refractivity contribution >= 4 is 28.9 Å². The summed E-state index contributed by atoms with van der Waals surface area (Å²) in [6, 6.07) is 9.73. The van der Waals surface area contributed by atoms with Gasteiger partial charge in [-0.2, -0.15) is 0 Å². The molecule has 0 aliphatic carbocycles. The standard InChI is InChI=1S/C18H20N4O4/c1-11-5-4-6-12(2)17(11)21-16(23)10-20-18(24)13-7-8-14(19-3)15(9-13)22(25)26/h4-9,19H,10H2,1-3H3,(H,20,24)(H,21,23). The minimum Gasteiger partial charge on any atom is -0.383 e. The van der Waals surface area contributed by atoms with Crippen molar-refractivity contribution < 1.29 is 14.5 Å². The zero-order valence-corrected chi connectivity index (χ0v) is 14.8. The Morgan fingerprint density at radius 1 is 1.12 bits per heavy atom. The summed E-state index contributed by atoms with van der Waals surface area (Å²) in [5, 5.41) is 19.0. The number of nitro benzene ring substituents is 1. The average molecular weight is 356 g/mol. The molecule has 0 bridgehead atoms. The zero-order valence-electron chi connectivity index (χ0n) is 14.8. The number of nitro groups is 1. The second-order valence-electron chi connectivity index (χ2n) is 5.74. The van der Waals surface area contributed by atoms with Gasteiger partial charge >= 0.3 is 0 Å². The summed E-state index contributed by atoms with van der Waals surface area (Å²) in [7, 11) is 1.56. The number of nitrogens with zero attached hydrogens (tertiary/aromatic N) is 1. The number of nitrogens with one attached hydrogen (secondary N) is 3. The van der Waals surface area contributed by atoms with Gasteiger partial charge in [0.1, 0.15) is 5.69 Å². The minimum atomic E-state index is -0.573. The fourth-order valence-electron chi connectivity index (χ4n) is 2.49. The van der Waals surface area contributed by atoms with Gasteiger partial charge in [0.05, 0.1) is 11.5 Å². The second-order valence-corrected chi connectivity index (χ2v) is 5.74. The van der Waals surface area contributed by atoms with E-state index < -0.39 is 10.8 Å². The van der Waals surface area contributed by atoms with Crippen molar-refractivity contribution in [2.24, 2.45) is 0 Å². The number of carbonyl (C=O) groups excluding carboxylic acids is 2. The molecule has 26 heavy (non-hydrogen) atoms. The number of amides is 2. The van der Waals surface area contributed by atoms with Gasteiger partial charge in [0.15, 0.2) is 0 Å². The first-order valence-electron chi connectivity index (χ1n) is 7.94. The summed E-state index contributed by atoms with van der Waals surface area (Å²) in [6.07, 6.45) is 0. The molecule has 2 rings (SSSR count). The number of para-hydroxylation sites is 1. The Morgan fingerprint density at radius 3 is 2.35 bits per heavy atom. The molecule has 3 N–H and O–H groups in total. The number of hydrogen-bond acceptors (Lipinski definition) is 5. The quantitative estimate of drug-likeness (QED) is 0.544. The van der Waals surface area contributed by atoms with E-state index in [0.29, 0.717) is 11.4 Å². The monoisotopic (exact) mass is 356 g/mol. The van der Waals surface area contributed by atoms with Gasteiger partial charge < -0.3 is 16.0 Å². The van der Waals surface area contributed by atoms with E-state index in [0.717, 1.165) is 11.1 Å². The number of hydrogen-bond donors (Lipinski definition) is 3. The van der Waals surface area contributed by atoms with E-state index in [2.05, 4.69) is 16.0 Å². The van der Waals surface area contributed by atoms with Gasteiger partial charge in [0.2, 0.25) is 5.91 Å². The van der Waals surface area contributed by atoms with Gasteiger partial charge in [-0.05, 0) is 37.1 Å². The van der Waals surface area contributed by atoms with Crippen molar-refractivity contribution in [3.63, 3.8) is 0 Å². The van der Waals surface area contributed by atoms with Crippen molar-refractivity contribution in [3.8, 4) is 0 Å². The Morgan fingerprint density at radius 2 is 1.77 bits per heavy atom. The van der Waals surface area contributed by atoms with Crippen LogP contribution in [0.3, 0.4) is 0 Å². The molecule has 8 nitrogen and oxygen atoms in total. The molecule has 0 unspecified atom stereocenters. The van der Waals surface area contributed by atoms with Gasteiger partial charge in [-0.1, -0.05) is 18.2 Å². The lowest BCUT2D eigenvalue weighted by Crippen LogP contribution is -2.33. The van der Waals surface area contributed by atoms with Crippen LogP contribution in [0, 0.1) is 24.0 Å². The fourth-order valence-corrected chi connectivity index (χ4v) is 2.49. The van der Waals surface area contributed by atoms with Crippen LogP contribution in [-0.4, -0.2) is 30.3 Å². The van der Waals surface area contributed by atoms with Crippen LogP contribution in [0.25, 0.3) is 0 Å². The molecular formula is C18H20N4O4. The predicted octanol–water partition coefficient (Wildman–Crippen LogP) is 2.62. The summed E-state index contributed by atoms with van der Waals surface area (Å²) < 4.78 is 0. The summed E-state index contributed by atoms with van der Waals surface area (Å²) >= 11 is 0. The largest absolute Gasteiger partial charge is 0.383 e. The molecule has 0 aliphatic rings. The molecule has 2 aromatic rings. The smallest absolute Gasteiger partial charge is 0.293 e. The maximum atomic E-state index is 12.2. The SMILES string of the molecule is CNc1ccc(C(=O)NCC(=O)Nc2c(C)cccc2C)cc1[N+](=O)[O-]. The molecule has 0 fully saturated rings. The highest BCUT2D eigenvalue weighted by molar-refractivity contribution is 6.00. The highest BCUT2D eigenvalue weighted by Crippen LogP contribution is 2.25. The van der Waals surface area contributed by atoms with Crippen LogP contribution in [0.4, 0.5) is 17.1 Å². The van der Waals surface area contributed by atoms with E-state index in [9.17, 15) is 19.7 Å². The van der Waals surface area contributed by atoms with E-state index in [4.69, 9.17) is 0 Å². The minimum absolute atomic E-state index is 0.107. The molecule has 0 aliphatic heterocycles. The third-order valence-electron chi connectivity index (χ3n) is 3.88. The highest BCUT2D eigenvalue weighted by atomic mass is 16.6. The van der Waals surface area contributed by atoms with Gasteiger partial charge in [-0.15, -0.1) is 0 Å². The van der Waals surface area contributed by atoms with E-state index in [-0.39, 0.29) is 23.7 Å². The maximum Gasteiger partial charge on any atom is 0.293 e. The highest BCUT2D eigenvalue weighted by Gasteiger charge is 2.17. The Bertz CT molecular complexity index is 844. The molecule has 0 spiro atoms. The number of carbonyl (C=O) groups is 2. The van der Waals surface area contributed by atoms with E-state index in [1.165, 1.54) is 18.2 Å². The lowest BCUT2D eigenvalue weighted by Gasteiger charge is -2.12. The van der Waals surface area contributed by atoms with Crippen molar-refractivity contribution in [2.45, 2.75) is 13.8 Å². The van der Waals surface area contributed by atoms with Crippen LogP contribution in [-0.2, 0) is 4.79 Å². The zero-order chi connectivity index (χ0) is 19.3. The summed E-state index contributed by atoms with van der Waals surface area (Å²) in [4.78, 5) is 34.7. The Hall–Kier alpha value is -3.42. The molecule has 0 heterocycles. The molecule has 2 amide bonds. The number of benzene rings is 2. The number of rotatable bonds is 6. The lowest BCUT2D eigenvalue weighted by molar-refractivity contribution is -0.384. The first-order valence-corrected chi connectivity index (χ1v) is 7.94. The number of aryl methyl sites for hydroxylation is 2. The van der Waals surface area contributed by atoms with Crippen LogP contribution in [0.2, 0.25) is 0 Å². The first-order chi connectivity index (χ1) is 12.3. The lowest BCUT2D eigenvalue weighted by atomic mass is 10.1. The Labute approximate surface area is 150 Å². The normalized spacial score (nSPS) is 10.1. The fraction of sp³-hybridized carbons (Fsp3) is 0.222. The summed E-state index contributed by atoms with van der Waals surface area (Å²) in [5.74, 6) is -0.940. The van der Waals surface area contributed by atoms with Crippen molar-refractivity contribution in [2.75, 3.05) is 24.2 Å². The van der Waals surface area contributed by atoms with Crippen molar-refractivity contribution in [1.29, 1.82) is 0 Å². The molecule has 0 radical (unpaired) electrons.